The van der Waals surface area contributed by atoms with Crippen LogP contribution in [0.3, 0.4) is 0 Å². The Labute approximate surface area is 181 Å². The normalized spacial score (nSPS) is 12.2. The van der Waals surface area contributed by atoms with Crippen LogP contribution in [-0.2, 0) is 6.42 Å². The van der Waals surface area contributed by atoms with Gasteiger partial charge in [-0.1, -0.05) is 42.5 Å². The molecule has 5 nitrogen and oxygen atoms in total. The predicted molar refractivity (Wildman–Crippen MR) is 118 cm³/mol. The highest BCUT2D eigenvalue weighted by molar-refractivity contribution is 14.0. The first-order valence-electron chi connectivity index (χ1n) is 8.87. The van der Waals surface area contributed by atoms with Crippen LogP contribution < -0.4 is 15.4 Å². The molecule has 2 aromatic rings. The van der Waals surface area contributed by atoms with Gasteiger partial charge in [-0.05, 0) is 36.6 Å². The number of halogens is 3. The summed E-state index contributed by atoms with van der Waals surface area (Å²) in [6.45, 7) is 0.663. The zero-order chi connectivity index (χ0) is 19.5. The third-order valence-corrected chi connectivity index (χ3v) is 3.81. The van der Waals surface area contributed by atoms with E-state index in [4.69, 9.17) is 0 Å². The average Bonchev–Trinajstić information content (AvgIpc) is 2.67. The van der Waals surface area contributed by atoms with Crippen molar-refractivity contribution < 1.29 is 18.6 Å². The van der Waals surface area contributed by atoms with Crippen LogP contribution in [0.5, 0.6) is 5.75 Å². The molecule has 8 heteroatoms. The lowest BCUT2D eigenvalue weighted by Crippen LogP contribution is -2.38. The Bertz CT molecular complexity index is 700. The van der Waals surface area contributed by atoms with E-state index in [9.17, 15) is 13.9 Å². The second-order valence-corrected chi connectivity index (χ2v) is 5.85. The highest BCUT2D eigenvalue weighted by atomic mass is 127. The average molecular weight is 505 g/mol. The summed E-state index contributed by atoms with van der Waals surface area (Å²) in [4.78, 5) is 4.38. The van der Waals surface area contributed by atoms with E-state index < -0.39 is 12.7 Å². The molecule has 3 N–H and O–H groups in total. The minimum atomic E-state index is -2.87. The second kappa shape index (κ2) is 13.3. The Morgan fingerprint density at radius 2 is 1.75 bits per heavy atom. The van der Waals surface area contributed by atoms with Crippen LogP contribution in [0.1, 0.15) is 24.2 Å². The number of rotatable bonds is 9. The SMILES string of the molecule is CCNC(=NCC(O)c1ccc(OC(F)F)cc1)NCCc1ccccc1.I. The van der Waals surface area contributed by atoms with Crippen LogP contribution in [0, 0.1) is 0 Å². The fraction of sp³-hybridized carbons (Fsp3) is 0.350. The van der Waals surface area contributed by atoms with Crippen molar-refractivity contribution in [1.82, 2.24) is 10.6 Å². The van der Waals surface area contributed by atoms with Crippen molar-refractivity contribution in [3.8, 4) is 5.75 Å². The molecule has 0 saturated heterocycles. The molecule has 2 rings (SSSR count). The van der Waals surface area contributed by atoms with Gasteiger partial charge in [0.15, 0.2) is 5.96 Å². The number of hydrogen-bond donors (Lipinski definition) is 3. The predicted octanol–water partition coefficient (Wildman–Crippen LogP) is 3.74. The molecule has 0 fully saturated rings. The number of nitrogens with zero attached hydrogens (tertiary/aromatic N) is 1. The molecule has 0 aliphatic rings. The second-order valence-electron chi connectivity index (χ2n) is 5.85. The molecule has 0 aromatic heterocycles. The zero-order valence-electron chi connectivity index (χ0n) is 15.6. The summed E-state index contributed by atoms with van der Waals surface area (Å²) >= 11 is 0. The summed E-state index contributed by atoms with van der Waals surface area (Å²) < 4.78 is 28.6. The Morgan fingerprint density at radius 3 is 2.36 bits per heavy atom. The van der Waals surface area contributed by atoms with Crippen molar-refractivity contribution in [1.29, 1.82) is 0 Å². The van der Waals surface area contributed by atoms with Crippen LogP contribution in [-0.4, -0.2) is 37.3 Å². The fourth-order valence-corrected chi connectivity index (χ4v) is 2.47. The number of aliphatic hydroxyl groups is 1. The zero-order valence-corrected chi connectivity index (χ0v) is 18.0. The number of hydrogen-bond acceptors (Lipinski definition) is 3. The molecular weight excluding hydrogens is 479 g/mol. The van der Waals surface area contributed by atoms with Crippen molar-refractivity contribution >= 4 is 29.9 Å². The van der Waals surface area contributed by atoms with E-state index in [1.54, 1.807) is 12.1 Å². The Hall–Kier alpha value is -1.94. The number of guanidine groups is 1. The molecule has 1 unspecified atom stereocenters. The molecule has 0 heterocycles. The maximum atomic E-state index is 12.2. The first-order valence-corrected chi connectivity index (χ1v) is 8.87. The van der Waals surface area contributed by atoms with E-state index in [1.165, 1.54) is 17.7 Å². The van der Waals surface area contributed by atoms with Gasteiger partial charge < -0.3 is 20.5 Å². The summed E-state index contributed by atoms with van der Waals surface area (Å²) in [7, 11) is 0. The third kappa shape index (κ3) is 8.83. The van der Waals surface area contributed by atoms with E-state index >= 15 is 0 Å². The minimum Gasteiger partial charge on any atom is -0.435 e. The van der Waals surface area contributed by atoms with Crippen LogP contribution in [0.15, 0.2) is 59.6 Å². The molecule has 0 spiro atoms. The molecule has 0 aliphatic heterocycles. The largest absolute Gasteiger partial charge is 0.435 e. The van der Waals surface area contributed by atoms with E-state index in [0.29, 0.717) is 24.6 Å². The molecule has 0 saturated carbocycles. The molecule has 0 aliphatic carbocycles. The summed E-state index contributed by atoms with van der Waals surface area (Å²) in [5, 5.41) is 16.6. The van der Waals surface area contributed by atoms with Crippen molar-refractivity contribution in [2.45, 2.75) is 26.1 Å². The number of ether oxygens (including phenoxy) is 1. The molecule has 2 aromatic carbocycles. The maximum absolute atomic E-state index is 12.2. The van der Waals surface area contributed by atoms with Gasteiger partial charge in [0, 0.05) is 13.1 Å². The van der Waals surface area contributed by atoms with Gasteiger partial charge in [-0.2, -0.15) is 8.78 Å². The number of aliphatic hydroxyl groups excluding tert-OH is 1. The minimum absolute atomic E-state index is 0. The van der Waals surface area contributed by atoms with Crippen LogP contribution in [0.4, 0.5) is 8.78 Å². The van der Waals surface area contributed by atoms with E-state index in [0.717, 1.165) is 6.42 Å². The first-order chi connectivity index (χ1) is 13.1. The van der Waals surface area contributed by atoms with Crippen LogP contribution in [0.25, 0.3) is 0 Å². The van der Waals surface area contributed by atoms with Crippen LogP contribution in [0.2, 0.25) is 0 Å². The summed E-state index contributed by atoms with van der Waals surface area (Å²) in [5.41, 5.74) is 1.81. The Kier molecular flexibility index (Phi) is 11.4. The highest BCUT2D eigenvalue weighted by Crippen LogP contribution is 2.19. The summed E-state index contributed by atoms with van der Waals surface area (Å²) in [5.74, 6) is 0.672. The van der Waals surface area contributed by atoms with E-state index in [2.05, 4.69) is 32.5 Å². The monoisotopic (exact) mass is 505 g/mol. The van der Waals surface area contributed by atoms with Gasteiger partial charge >= 0.3 is 6.61 Å². The van der Waals surface area contributed by atoms with Crippen LogP contribution >= 0.6 is 24.0 Å². The van der Waals surface area contributed by atoms with Gasteiger partial charge in [0.25, 0.3) is 0 Å². The van der Waals surface area contributed by atoms with Crippen molar-refractivity contribution in [2.24, 2.45) is 4.99 Å². The lowest BCUT2D eigenvalue weighted by atomic mass is 10.1. The molecule has 1 atom stereocenters. The molecule has 28 heavy (non-hydrogen) atoms. The number of alkyl halides is 2. The van der Waals surface area contributed by atoms with E-state index in [1.807, 2.05) is 25.1 Å². The molecule has 0 radical (unpaired) electrons. The topological polar surface area (TPSA) is 65.9 Å². The van der Waals surface area contributed by atoms with Gasteiger partial charge in [-0.15, -0.1) is 24.0 Å². The van der Waals surface area contributed by atoms with Crippen molar-refractivity contribution in [3.05, 3.63) is 65.7 Å². The first kappa shape index (κ1) is 24.1. The van der Waals surface area contributed by atoms with Gasteiger partial charge in [-0.25, -0.2) is 0 Å². The maximum Gasteiger partial charge on any atom is 0.387 e. The molecule has 0 amide bonds. The highest BCUT2D eigenvalue weighted by Gasteiger charge is 2.09. The van der Waals surface area contributed by atoms with Crippen molar-refractivity contribution in [3.63, 3.8) is 0 Å². The summed E-state index contributed by atoms with van der Waals surface area (Å²) in [6, 6.07) is 16.0. The third-order valence-electron chi connectivity index (χ3n) is 3.81. The molecule has 154 valence electrons. The fourth-order valence-electron chi connectivity index (χ4n) is 2.47. The van der Waals surface area contributed by atoms with Gasteiger partial charge in [-0.3, -0.25) is 4.99 Å². The standard InChI is InChI=1S/C20H25F2N3O2.HI/c1-2-23-20(24-13-12-15-6-4-3-5-7-15)25-14-18(26)16-8-10-17(11-9-16)27-19(21)22;/h3-11,18-19,26H,2,12-14H2,1H3,(H2,23,24,25);1H. The number of benzene rings is 2. The Morgan fingerprint density at radius 1 is 1.07 bits per heavy atom. The number of aliphatic imine (C=N–C) groups is 1. The quantitative estimate of drug-likeness (QED) is 0.276. The lowest BCUT2D eigenvalue weighted by Gasteiger charge is -2.14. The molecular formula is C20H26F2IN3O2. The van der Waals surface area contributed by atoms with Gasteiger partial charge in [0.2, 0.25) is 0 Å². The number of nitrogens with one attached hydrogen (secondary N) is 2. The van der Waals surface area contributed by atoms with Gasteiger partial charge in [0.1, 0.15) is 5.75 Å². The lowest BCUT2D eigenvalue weighted by molar-refractivity contribution is -0.0498. The summed E-state index contributed by atoms with van der Waals surface area (Å²) in [6.07, 6.45) is 0.0227. The molecule has 0 bridgehead atoms. The van der Waals surface area contributed by atoms with E-state index in [-0.39, 0.29) is 36.3 Å². The van der Waals surface area contributed by atoms with Gasteiger partial charge in [0.05, 0.1) is 12.6 Å². The smallest absolute Gasteiger partial charge is 0.387 e. The van der Waals surface area contributed by atoms with Crippen molar-refractivity contribution in [2.75, 3.05) is 19.6 Å². The Balaban J connectivity index is 0.00000392.